The number of amides is 1. The second-order valence-corrected chi connectivity index (χ2v) is 8.82. The molecule has 5 aromatic rings. The van der Waals surface area contributed by atoms with Gasteiger partial charge in [0.15, 0.2) is 5.76 Å². The molecule has 0 aliphatic heterocycles. The summed E-state index contributed by atoms with van der Waals surface area (Å²) in [6, 6.07) is 25.1. The zero-order chi connectivity index (χ0) is 25.1. The smallest absolute Gasteiger partial charge is 0.307 e. The number of nitro groups is 1. The number of nitrogens with one attached hydrogen (secondary N) is 1. The first kappa shape index (κ1) is 23.3. The summed E-state index contributed by atoms with van der Waals surface area (Å²) in [7, 11) is 0. The molecule has 1 N–H and O–H groups in total. The van der Waals surface area contributed by atoms with Crippen molar-refractivity contribution < 1.29 is 18.9 Å². The molecule has 0 aliphatic rings. The predicted molar refractivity (Wildman–Crippen MR) is 140 cm³/mol. The van der Waals surface area contributed by atoms with Crippen LogP contribution in [0.1, 0.15) is 21.7 Å². The van der Waals surface area contributed by atoms with Gasteiger partial charge in [-0.05, 0) is 46.7 Å². The molecule has 9 heteroatoms. The van der Waals surface area contributed by atoms with Crippen LogP contribution in [0.25, 0.3) is 21.7 Å². The van der Waals surface area contributed by atoms with Crippen LogP contribution in [0, 0.1) is 10.1 Å². The zero-order valence-electron chi connectivity index (χ0n) is 18.7. The lowest BCUT2D eigenvalue weighted by atomic mass is 10.0. The molecular formula is C27H18BrN3O5. The molecule has 36 heavy (non-hydrogen) atoms. The van der Waals surface area contributed by atoms with Crippen molar-refractivity contribution in [3.63, 3.8) is 0 Å². The molecule has 4 aromatic carbocycles. The third kappa shape index (κ3) is 4.96. The minimum atomic E-state index is -0.581. The number of benzene rings is 4. The largest absolute Gasteiger partial charge is 0.488 e. The van der Waals surface area contributed by atoms with Crippen LogP contribution in [0.15, 0.2) is 98.9 Å². The van der Waals surface area contributed by atoms with Crippen molar-refractivity contribution in [2.45, 2.75) is 6.61 Å². The molecule has 0 saturated heterocycles. The molecule has 0 saturated carbocycles. The summed E-state index contributed by atoms with van der Waals surface area (Å²) in [5.41, 5.74) is 4.47. The van der Waals surface area contributed by atoms with Gasteiger partial charge in [-0.3, -0.25) is 14.9 Å². The molecule has 0 fully saturated rings. The van der Waals surface area contributed by atoms with E-state index in [1.807, 2.05) is 60.7 Å². The Morgan fingerprint density at radius 3 is 2.64 bits per heavy atom. The van der Waals surface area contributed by atoms with Gasteiger partial charge in [0, 0.05) is 27.6 Å². The van der Waals surface area contributed by atoms with Crippen LogP contribution >= 0.6 is 15.9 Å². The molecule has 0 unspecified atom stereocenters. The van der Waals surface area contributed by atoms with Gasteiger partial charge < -0.3 is 9.15 Å². The molecule has 0 spiro atoms. The number of fused-ring (bicyclic) bond motifs is 2. The lowest BCUT2D eigenvalue weighted by molar-refractivity contribution is -0.384. The average molecular weight is 544 g/mol. The second kappa shape index (κ2) is 10.0. The fourth-order valence-electron chi connectivity index (χ4n) is 3.74. The Balaban J connectivity index is 1.38. The van der Waals surface area contributed by atoms with E-state index in [1.54, 1.807) is 0 Å². The van der Waals surface area contributed by atoms with Crippen molar-refractivity contribution in [2.75, 3.05) is 0 Å². The lowest BCUT2D eigenvalue weighted by Gasteiger charge is -2.12. The Labute approximate surface area is 213 Å². The van der Waals surface area contributed by atoms with Crippen molar-refractivity contribution in [3.8, 4) is 5.75 Å². The summed E-state index contributed by atoms with van der Waals surface area (Å²) in [4.78, 5) is 23.1. The number of hydrogen-bond acceptors (Lipinski definition) is 6. The Kier molecular flexibility index (Phi) is 6.46. The van der Waals surface area contributed by atoms with E-state index in [4.69, 9.17) is 9.15 Å². The van der Waals surface area contributed by atoms with E-state index in [0.29, 0.717) is 28.9 Å². The third-order valence-electron chi connectivity index (χ3n) is 5.53. The lowest BCUT2D eigenvalue weighted by Crippen LogP contribution is -2.16. The molecule has 0 atom stereocenters. The highest BCUT2D eigenvalue weighted by molar-refractivity contribution is 9.10. The molecular weight excluding hydrogens is 526 g/mol. The minimum absolute atomic E-state index is 0.00715. The van der Waals surface area contributed by atoms with Gasteiger partial charge in [0.2, 0.25) is 0 Å². The molecule has 1 heterocycles. The zero-order valence-corrected chi connectivity index (χ0v) is 20.3. The number of ether oxygens (including phenoxy) is 1. The second-order valence-electron chi connectivity index (χ2n) is 7.90. The Hall–Kier alpha value is -4.50. The molecule has 1 aromatic heterocycles. The molecule has 8 nitrogen and oxygen atoms in total. The quantitative estimate of drug-likeness (QED) is 0.141. The van der Waals surface area contributed by atoms with Crippen LogP contribution < -0.4 is 10.2 Å². The van der Waals surface area contributed by atoms with Crippen LogP contribution in [0.5, 0.6) is 5.75 Å². The number of hydrogen-bond donors (Lipinski definition) is 1. The van der Waals surface area contributed by atoms with Crippen LogP contribution in [-0.4, -0.2) is 17.0 Å². The topological polar surface area (TPSA) is 107 Å². The number of carbonyl (C=O) groups is 1. The van der Waals surface area contributed by atoms with E-state index in [-0.39, 0.29) is 11.4 Å². The van der Waals surface area contributed by atoms with E-state index < -0.39 is 10.8 Å². The maximum atomic E-state index is 12.6. The summed E-state index contributed by atoms with van der Waals surface area (Å²) in [5.74, 6) is 0.0283. The highest BCUT2D eigenvalue weighted by Gasteiger charge is 2.15. The minimum Gasteiger partial charge on any atom is -0.488 e. The fourth-order valence-corrected chi connectivity index (χ4v) is 4.01. The van der Waals surface area contributed by atoms with E-state index in [0.717, 1.165) is 20.8 Å². The van der Waals surface area contributed by atoms with E-state index in [9.17, 15) is 14.9 Å². The highest BCUT2D eigenvalue weighted by Crippen LogP contribution is 2.28. The Bertz CT molecular complexity index is 1630. The molecule has 5 rings (SSSR count). The third-order valence-corrected chi connectivity index (χ3v) is 6.06. The predicted octanol–water partition coefficient (Wildman–Crippen LogP) is 6.60. The van der Waals surface area contributed by atoms with Gasteiger partial charge in [-0.1, -0.05) is 58.4 Å². The van der Waals surface area contributed by atoms with Crippen molar-refractivity contribution in [1.82, 2.24) is 5.43 Å². The van der Waals surface area contributed by atoms with Gasteiger partial charge in [0.05, 0.1) is 11.1 Å². The summed E-state index contributed by atoms with van der Waals surface area (Å²) < 4.78 is 12.6. The number of nitrogens with zero attached hydrogens (tertiary/aromatic N) is 2. The van der Waals surface area contributed by atoms with Gasteiger partial charge in [-0.2, -0.15) is 5.10 Å². The summed E-state index contributed by atoms with van der Waals surface area (Å²) >= 11 is 3.43. The van der Waals surface area contributed by atoms with Crippen molar-refractivity contribution in [1.29, 1.82) is 0 Å². The van der Waals surface area contributed by atoms with Crippen molar-refractivity contribution in [3.05, 3.63) is 116 Å². The van der Waals surface area contributed by atoms with E-state index >= 15 is 0 Å². The summed E-state index contributed by atoms with van der Waals surface area (Å²) in [6.07, 6.45) is 1.53. The van der Waals surface area contributed by atoms with E-state index in [2.05, 4.69) is 26.5 Å². The van der Waals surface area contributed by atoms with Crippen LogP contribution in [0.2, 0.25) is 0 Å². The van der Waals surface area contributed by atoms with Gasteiger partial charge in [0.1, 0.15) is 17.9 Å². The number of halogens is 1. The first-order chi connectivity index (χ1) is 17.5. The van der Waals surface area contributed by atoms with E-state index in [1.165, 1.54) is 30.5 Å². The first-order valence-corrected chi connectivity index (χ1v) is 11.7. The van der Waals surface area contributed by atoms with Crippen molar-refractivity contribution in [2.24, 2.45) is 5.10 Å². The Morgan fingerprint density at radius 1 is 1.03 bits per heavy atom. The van der Waals surface area contributed by atoms with Gasteiger partial charge >= 0.3 is 5.91 Å². The monoisotopic (exact) mass is 543 g/mol. The molecule has 178 valence electrons. The standard InChI is InChI=1S/C27H18BrN3O5/c28-20-8-5-17(6-9-20)16-35-25-11-7-18-3-1-2-4-22(18)23(25)15-29-30-27(32)26-14-19-13-21(31(33)34)10-12-24(19)36-26/h1-15H,16H2,(H,30,32)/b29-15+. The van der Waals surface area contributed by atoms with Crippen molar-refractivity contribution >= 4 is 55.5 Å². The highest BCUT2D eigenvalue weighted by atomic mass is 79.9. The SMILES string of the molecule is O=C(N/N=C/c1c(OCc2ccc(Br)cc2)ccc2ccccc12)c1cc2cc([N+](=O)[O-])ccc2o1. The summed E-state index contributed by atoms with van der Waals surface area (Å²) in [6.45, 7) is 0.365. The van der Waals surface area contributed by atoms with Crippen LogP contribution in [0.3, 0.4) is 0 Å². The number of non-ortho nitro benzene ring substituents is 1. The van der Waals surface area contributed by atoms with Gasteiger partial charge in [-0.15, -0.1) is 0 Å². The number of rotatable bonds is 7. The normalized spacial score (nSPS) is 11.2. The number of carbonyl (C=O) groups excluding carboxylic acids is 1. The summed E-state index contributed by atoms with van der Waals surface area (Å²) in [5, 5.41) is 17.5. The average Bonchev–Trinajstić information content (AvgIpc) is 3.32. The molecule has 0 bridgehead atoms. The molecule has 0 aliphatic carbocycles. The van der Waals surface area contributed by atoms with Crippen LogP contribution in [-0.2, 0) is 6.61 Å². The Morgan fingerprint density at radius 2 is 1.83 bits per heavy atom. The molecule has 1 amide bonds. The maximum Gasteiger partial charge on any atom is 0.307 e. The number of hydrazone groups is 1. The maximum absolute atomic E-state index is 12.6. The fraction of sp³-hybridized carbons (Fsp3) is 0.0370. The van der Waals surface area contributed by atoms with Gasteiger partial charge in [0.25, 0.3) is 5.69 Å². The van der Waals surface area contributed by atoms with Gasteiger partial charge in [-0.25, -0.2) is 5.43 Å². The number of furan rings is 1. The molecule has 0 radical (unpaired) electrons. The van der Waals surface area contributed by atoms with Crippen LogP contribution in [0.4, 0.5) is 5.69 Å². The number of nitro benzene ring substituents is 1. The first-order valence-electron chi connectivity index (χ1n) is 10.9.